The molecule has 3 aliphatic rings. The molecule has 5 rings (SSSR count). The van der Waals surface area contributed by atoms with Gasteiger partial charge in [-0.25, -0.2) is 0 Å². The SMILES string of the molecule is Cc1ccc(C(=O)NC[C@H]2[C@H]3CN(C(=O)c4ccoc4)C[C@]34CC[C@H]2O4)cc1. The van der Waals surface area contributed by atoms with Crippen LogP contribution in [0.5, 0.6) is 0 Å². The third-order valence-electron chi connectivity index (χ3n) is 6.65. The largest absolute Gasteiger partial charge is 0.472 e. The molecule has 0 saturated carbocycles. The maximum atomic E-state index is 12.7. The maximum absolute atomic E-state index is 12.7. The van der Waals surface area contributed by atoms with Gasteiger partial charge in [0.1, 0.15) is 6.26 Å². The smallest absolute Gasteiger partial charge is 0.257 e. The number of nitrogens with one attached hydrogen (secondary N) is 1. The second-order valence-electron chi connectivity index (χ2n) is 8.30. The van der Waals surface area contributed by atoms with Crippen molar-refractivity contribution in [2.24, 2.45) is 11.8 Å². The average Bonchev–Trinajstić information content (AvgIpc) is 3.46. The van der Waals surface area contributed by atoms with Crippen molar-refractivity contribution in [2.45, 2.75) is 31.5 Å². The lowest BCUT2D eigenvalue weighted by Crippen LogP contribution is -2.41. The van der Waals surface area contributed by atoms with Crippen LogP contribution in [0, 0.1) is 18.8 Å². The van der Waals surface area contributed by atoms with E-state index in [1.54, 1.807) is 6.07 Å². The van der Waals surface area contributed by atoms with Gasteiger partial charge in [-0.2, -0.15) is 0 Å². The van der Waals surface area contributed by atoms with Crippen LogP contribution in [0.15, 0.2) is 47.3 Å². The van der Waals surface area contributed by atoms with Gasteiger partial charge in [0, 0.05) is 30.5 Å². The van der Waals surface area contributed by atoms with Crippen molar-refractivity contribution in [1.29, 1.82) is 0 Å². The van der Waals surface area contributed by atoms with Crippen molar-refractivity contribution >= 4 is 11.8 Å². The van der Waals surface area contributed by atoms with Gasteiger partial charge >= 0.3 is 0 Å². The molecule has 1 spiro atoms. The third kappa shape index (κ3) is 2.75. The fourth-order valence-electron chi connectivity index (χ4n) is 5.20. The minimum atomic E-state index is -0.247. The van der Waals surface area contributed by atoms with Crippen molar-refractivity contribution in [3.8, 4) is 0 Å². The summed E-state index contributed by atoms with van der Waals surface area (Å²) >= 11 is 0. The van der Waals surface area contributed by atoms with Crippen LogP contribution in [0.25, 0.3) is 0 Å². The first kappa shape index (κ1) is 17.5. The molecule has 146 valence electrons. The van der Waals surface area contributed by atoms with Crippen LogP contribution in [0.3, 0.4) is 0 Å². The van der Waals surface area contributed by atoms with Gasteiger partial charge in [0.2, 0.25) is 0 Å². The Morgan fingerprint density at radius 2 is 2.04 bits per heavy atom. The van der Waals surface area contributed by atoms with Gasteiger partial charge in [-0.3, -0.25) is 9.59 Å². The number of furan rings is 1. The van der Waals surface area contributed by atoms with Crippen LogP contribution in [0.4, 0.5) is 0 Å². The van der Waals surface area contributed by atoms with Crippen LogP contribution < -0.4 is 5.32 Å². The number of hydrogen-bond donors (Lipinski definition) is 1. The lowest BCUT2D eigenvalue weighted by atomic mass is 9.73. The molecule has 1 N–H and O–H groups in total. The van der Waals surface area contributed by atoms with Crippen molar-refractivity contribution in [3.63, 3.8) is 0 Å². The van der Waals surface area contributed by atoms with Crippen LogP contribution >= 0.6 is 0 Å². The Balaban J connectivity index is 1.27. The van der Waals surface area contributed by atoms with Crippen molar-refractivity contribution in [3.05, 3.63) is 59.5 Å². The molecule has 3 aliphatic heterocycles. The van der Waals surface area contributed by atoms with E-state index in [-0.39, 0.29) is 35.4 Å². The summed E-state index contributed by atoms with van der Waals surface area (Å²) in [4.78, 5) is 27.1. The number of carbonyl (C=O) groups excluding carboxylic acids is 2. The molecule has 4 heterocycles. The molecular formula is C22H24N2O4. The molecule has 6 nitrogen and oxygen atoms in total. The zero-order valence-corrected chi connectivity index (χ0v) is 15.9. The van der Waals surface area contributed by atoms with Gasteiger partial charge in [-0.05, 0) is 38.0 Å². The molecule has 4 atom stereocenters. The number of likely N-dealkylation sites (tertiary alicyclic amines) is 1. The lowest BCUT2D eigenvalue weighted by Gasteiger charge is -2.29. The van der Waals surface area contributed by atoms with Gasteiger partial charge < -0.3 is 19.4 Å². The Morgan fingerprint density at radius 3 is 2.79 bits per heavy atom. The van der Waals surface area contributed by atoms with Crippen molar-refractivity contribution in [2.75, 3.05) is 19.6 Å². The average molecular weight is 380 g/mol. The Bertz CT molecular complexity index is 892. The molecule has 28 heavy (non-hydrogen) atoms. The number of carbonyl (C=O) groups is 2. The number of benzene rings is 1. The Labute approximate surface area is 163 Å². The second kappa shape index (κ2) is 6.48. The fraction of sp³-hybridized carbons (Fsp3) is 0.455. The summed E-state index contributed by atoms with van der Waals surface area (Å²) in [6.45, 7) is 3.88. The molecule has 3 fully saturated rings. The third-order valence-corrected chi connectivity index (χ3v) is 6.65. The molecule has 6 heteroatoms. The number of nitrogens with zero attached hydrogens (tertiary/aromatic N) is 1. The lowest BCUT2D eigenvalue weighted by molar-refractivity contribution is 0.00316. The number of fused-ring (bicyclic) bond motifs is 1. The summed E-state index contributed by atoms with van der Waals surface area (Å²) in [7, 11) is 0. The first-order chi connectivity index (χ1) is 13.6. The number of aryl methyl sites for hydroxylation is 1. The minimum absolute atomic E-state index is 0.00739. The standard InChI is InChI=1S/C22H24N2O4/c1-14-2-4-15(5-3-14)20(25)23-10-17-18-11-24(21(26)16-7-9-27-12-16)13-22(18)8-6-19(17)28-22/h2-5,7,9,12,17-19H,6,8,10-11,13H2,1H3,(H,23,25)/t17-,18+,19+,22+/m0/s1. The molecule has 2 amide bonds. The minimum Gasteiger partial charge on any atom is -0.472 e. The molecule has 0 aliphatic carbocycles. The summed E-state index contributed by atoms with van der Waals surface area (Å²) in [5.41, 5.74) is 2.14. The summed E-state index contributed by atoms with van der Waals surface area (Å²) in [6, 6.07) is 9.29. The van der Waals surface area contributed by atoms with E-state index in [2.05, 4.69) is 5.32 Å². The highest BCUT2D eigenvalue weighted by Crippen LogP contribution is 2.54. The molecule has 0 radical (unpaired) electrons. The number of amides is 2. The molecule has 1 aromatic carbocycles. The summed E-state index contributed by atoms with van der Waals surface area (Å²) < 4.78 is 11.4. The van der Waals surface area contributed by atoms with E-state index in [4.69, 9.17) is 9.15 Å². The highest BCUT2D eigenvalue weighted by Gasteiger charge is 2.63. The van der Waals surface area contributed by atoms with E-state index in [9.17, 15) is 9.59 Å². The quantitative estimate of drug-likeness (QED) is 0.885. The van der Waals surface area contributed by atoms with Crippen LogP contribution in [0.1, 0.15) is 39.1 Å². The van der Waals surface area contributed by atoms with Gasteiger partial charge in [-0.15, -0.1) is 0 Å². The van der Waals surface area contributed by atoms with E-state index in [0.717, 1.165) is 18.4 Å². The van der Waals surface area contributed by atoms with Crippen molar-refractivity contribution < 1.29 is 18.7 Å². The predicted molar refractivity (Wildman–Crippen MR) is 102 cm³/mol. The topological polar surface area (TPSA) is 71.8 Å². The van der Waals surface area contributed by atoms with E-state index in [1.807, 2.05) is 36.1 Å². The Morgan fingerprint density at radius 1 is 1.21 bits per heavy atom. The Hall–Kier alpha value is -2.60. The highest BCUT2D eigenvalue weighted by molar-refractivity contribution is 5.94. The fourth-order valence-corrected chi connectivity index (χ4v) is 5.20. The van der Waals surface area contributed by atoms with E-state index in [0.29, 0.717) is 30.8 Å². The second-order valence-corrected chi connectivity index (χ2v) is 8.30. The van der Waals surface area contributed by atoms with Crippen LogP contribution in [-0.4, -0.2) is 48.1 Å². The van der Waals surface area contributed by atoms with Crippen molar-refractivity contribution in [1.82, 2.24) is 10.2 Å². The molecule has 1 aromatic heterocycles. The van der Waals surface area contributed by atoms with Crippen LogP contribution in [0.2, 0.25) is 0 Å². The van der Waals surface area contributed by atoms with Gasteiger partial charge in [0.25, 0.3) is 11.8 Å². The van der Waals surface area contributed by atoms with Gasteiger partial charge in [0.15, 0.2) is 0 Å². The van der Waals surface area contributed by atoms with Gasteiger partial charge in [0.05, 0.1) is 30.1 Å². The summed E-state index contributed by atoms with van der Waals surface area (Å²) in [5.74, 6) is 0.443. The molecule has 2 aromatic rings. The number of hydrogen-bond acceptors (Lipinski definition) is 4. The molecule has 3 saturated heterocycles. The van der Waals surface area contributed by atoms with Gasteiger partial charge in [-0.1, -0.05) is 17.7 Å². The van der Waals surface area contributed by atoms with Crippen LogP contribution in [-0.2, 0) is 4.74 Å². The highest BCUT2D eigenvalue weighted by atomic mass is 16.5. The maximum Gasteiger partial charge on any atom is 0.257 e. The monoisotopic (exact) mass is 380 g/mol. The number of ether oxygens (including phenoxy) is 1. The Kier molecular flexibility index (Phi) is 4.05. The molecule has 2 bridgehead atoms. The summed E-state index contributed by atoms with van der Waals surface area (Å²) in [5, 5.41) is 3.09. The summed E-state index contributed by atoms with van der Waals surface area (Å²) in [6.07, 6.45) is 5.17. The van der Waals surface area contributed by atoms with E-state index in [1.165, 1.54) is 12.5 Å². The number of rotatable bonds is 4. The zero-order chi connectivity index (χ0) is 19.3. The molecular weight excluding hydrogens is 356 g/mol. The predicted octanol–water partition coefficient (Wildman–Crippen LogP) is 2.64. The first-order valence-corrected chi connectivity index (χ1v) is 9.90. The zero-order valence-electron chi connectivity index (χ0n) is 15.9. The van der Waals surface area contributed by atoms with E-state index >= 15 is 0 Å². The molecule has 0 unspecified atom stereocenters. The normalized spacial score (nSPS) is 30.5. The van der Waals surface area contributed by atoms with E-state index < -0.39 is 0 Å². The first-order valence-electron chi connectivity index (χ1n) is 9.90.